The molecule has 2 aliphatic heterocycles. The van der Waals surface area contributed by atoms with Crippen LogP contribution < -0.4 is 20.7 Å². The van der Waals surface area contributed by atoms with Gasteiger partial charge < -0.3 is 23.1 Å². The molecule has 0 saturated carbocycles. The van der Waals surface area contributed by atoms with E-state index in [4.69, 9.17) is 8.83 Å². The zero-order valence-electron chi connectivity index (χ0n) is 45.9. The van der Waals surface area contributed by atoms with Crippen LogP contribution in [0.25, 0.3) is 76.8 Å². The summed E-state index contributed by atoms with van der Waals surface area (Å²) < 4.78 is 17.0. The third kappa shape index (κ3) is 6.84. The molecule has 0 spiro atoms. The van der Waals surface area contributed by atoms with E-state index in [1.807, 2.05) is 0 Å². The topological polar surface area (TPSA) is 37.7 Å². The summed E-state index contributed by atoms with van der Waals surface area (Å²) >= 11 is 0. The Morgan fingerprint density at radius 1 is 0.395 bits per heavy atom. The lowest BCUT2D eigenvalue weighted by atomic mass is 9.45. The van der Waals surface area contributed by atoms with Crippen molar-refractivity contribution in [3.63, 3.8) is 0 Å². The van der Waals surface area contributed by atoms with Gasteiger partial charge in [-0.3, -0.25) is 0 Å². The first-order valence-corrected chi connectivity index (χ1v) is 27.2. The summed E-state index contributed by atoms with van der Waals surface area (Å²) in [5, 5.41) is 6.95. The van der Waals surface area contributed by atoms with Gasteiger partial charge in [-0.1, -0.05) is 162 Å². The third-order valence-corrected chi connectivity index (χ3v) is 16.8. The summed E-state index contributed by atoms with van der Waals surface area (Å²) in [5.74, 6) is 0. The molecule has 14 rings (SSSR count). The maximum Gasteiger partial charge on any atom is 0.333 e. The maximum atomic E-state index is 7.28. The van der Waals surface area contributed by atoms with E-state index in [2.05, 4.69) is 267 Å². The number of benzene rings is 9. The van der Waals surface area contributed by atoms with E-state index in [0.717, 1.165) is 78.0 Å². The van der Waals surface area contributed by atoms with E-state index >= 15 is 0 Å². The summed E-state index contributed by atoms with van der Waals surface area (Å²) in [6.07, 6.45) is 0. The van der Waals surface area contributed by atoms with Crippen LogP contribution in [0.1, 0.15) is 105 Å². The Kier molecular flexibility index (Phi) is 9.68. The standard InChI is InChI=1S/C70H64BN3O2/c1-67(2,3)41-24-29-45(30-25-41)72(46-31-26-42(27-32-46)68(4,5)6)47-33-35-58-56(39-47)71-62-52(54-38-44(70(10,11)12)37-53-51-36-43(69(7,8)9)28-34-57(51)74(71)63(53)54)40-55-49-19-14-16-23-61(49)76-66(55)64(62)73(58)59-21-17-20-50-48-18-13-15-22-60(48)75-65(50)59/h13-40H,1-12H3. The van der Waals surface area contributed by atoms with E-state index in [0.29, 0.717) is 0 Å². The van der Waals surface area contributed by atoms with Gasteiger partial charge in [-0.2, -0.15) is 0 Å². The van der Waals surface area contributed by atoms with Crippen molar-refractivity contribution in [1.29, 1.82) is 0 Å². The number of nitrogens with zero attached hydrogens (tertiary/aromatic N) is 3. The molecule has 0 amide bonds. The van der Waals surface area contributed by atoms with Crippen molar-refractivity contribution < 1.29 is 8.83 Å². The zero-order valence-corrected chi connectivity index (χ0v) is 45.9. The molecule has 0 radical (unpaired) electrons. The van der Waals surface area contributed by atoms with E-state index in [1.165, 1.54) is 66.1 Å². The van der Waals surface area contributed by atoms with Crippen molar-refractivity contribution in [1.82, 2.24) is 4.48 Å². The highest BCUT2D eigenvalue weighted by molar-refractivity contribution is 6.90. The van der Waals surface area contributed by atoms with Crippen LogP contribution in [0.15, 0.2) is 179 Å². The van der Waals surface area contributed by atoms with Crippen molar-refractivity contribution in [3.05, 3.63) is 192 Å². The number of aromatic nitrogens is 1. The monoisotopic (exact) mass is 990 g/mol. The summed E-state index contributed by atoms with van der Waals surface area (Å²) in [5.41, 5.74) is 22.3. The van der Waals surface area contributed by atoms with Gasteiger partial charge in [0.25, 0.3) is 0 Å². The number of hydrogen-bond acceptors (Lipinski definition) is 4. The molecule has 9 aromatic carbocycles. The van der Waals surface area contributed by atoms with E-state index in [-0.39, 0.29) is 28.5 Å². The molecule has 0 N–H and O–H groups in total. The highest BCUT2D eigenvalue weighted by atomic mass is 16.3. The molecule has 5 nitrogen and oxygen atoms in total. The average molecular weight is 990 g/mol. The van der Waals surface area contributed by atoms with Gasteiger partial charge in [0, 0.05) is 71.7 Å². The molecule has 12 aromatic rings. The molecule has 3 aromatic heterocycles. The number of para-hydroxylation sites is 3. The minimum absolute atomic E-state index is 0.00941. The molecule has 76 heavy (non-hydrogen) atoms. The molecular weight excluding hydrogens is 926 g/mol. The van der Waals surface area contributed by atoms with Gasteiger partial charge in [0.2, 0.25) is 0 Å². The quantitative estimate of drug-likeness (QED) is 0.165. The SMILES string of the molecule is CC(C)(C)c1ccc(N(c2ccc(C(C)(C)C)cc2)c2ccc3c(c2)B2c4c(cc5c(oc6ccccc65)c4N3c3cccc4c3oc3ccccc34)-c3cc(C(C)(C)C)cc4c5cc(C(C)(C)C)ccc5n2c34)cc1. The normalized spacial score (nSPS) is 13.7. The molecule has 0 aliphatic carbocycles. The molecule has 6 heteroatoms. The lowest BCUT2D eigenvalue weighted by molar-refractivity contribution is 0.590. The molecule has 5 heterocycles. The molecule has 0 saturated heterocycles. The van der Waals surface area contributed by atoms with Gasteiger partial charge in [-0.15, -0.1) is 0 Å². The fourth-order valence-corrected chi connectivity index (χ4v) is 12.6. The van der Waals surface area contributed by atoms with E-state index in [1.54, 1.807) is 0 Å². The highest BCUT2D eigenvalue weighted by Crippen LogP contribution is 2.53. The Balaban J connectivity index is 1.14. The summed E-state index contributed by atoms with van der Waals surface area (Å²) in [6.45, 7) is 27.5. The fourth-order valence-electron chi connectivity index (χ4n) is 12.6. The van der Waals surface area contributed by atoms with Crippen LogP contribution in [0.2, 0.25) is 0 Å². The smallest absolute Gasteiger partial charge is 0.333 e. The van der Waals surface area contributed by atoms with E-state index < -0.39 is 0 Å². The second kappa shape index (κ2) is 15.8. The van der Waals surface area contributed by atoms with Crippen LogP contribution in [-0.2, 0) is 21.7 Å². The van der Waals surface area contributed by atoms with Gasteiger partial charge in [-0.05, 0) is 151 Å². The molecule has 0 bridgehead atoms. The molecule has 2 aliphatic rings. The Morgan fingerprint density at radius 3 is 1.55 bits per heavy atom. The van der Waals surface area contributed by atoms with Crippen molar-refractivity contribution in [2.24, 2.45) is 0 Å². The van der Waals surface area contributed by atoms with Crippen LogP contribution in [0.3, 0.4) is 0 Å². The molecule has 0 unspecified atom stereocenters. The van der Waals surface area contributed by atoms with Crippen LogP contribution in [0.4, 0.5) is 34.1 Å². The van der Waals surface area contributed by atoms with E-state index in [9.17, 15) is 0 Å². The first-order chi connectivity index (χ1) is 36.2. The van der Waals surface area contributed by atoms with Gasteiger partial charge in [-0.25, -0.2) is 0 Å². The maximum absolute atomic E-state index is 7.28. The summed E-state index contributed by atoms with van der Waals surface area (Å²) in [4.78, 5) is 4.94. The Morgan fingerprint density at radius 2 is 0.934 bits per heavy atom. The van der Waals surface area contributed by atoms with Crippen LogP contribution in [-0.4, -0.2) is 11.3 Å². The minimum atomic E-state index is -0.245. The molecule has 0 atom stereocenters. The molecule has 0 fully saturated rings. The van der Waals surface area contributed by atoms with Gasteiger partial charge in [0.05, 0.1) is 11.4 Å². The molecular formula is C70H64BN3O2. The van der Waals surface area contributed by atoms with Crippen molar-refractivity contribution in [2.75, 3.05) is 9.80 Å². The predicted octanol–water partition coefficient (Wildman–Crippen LogP) is 18.7. The third-order valence-electron chi connectivity index (χ3n) is 16.8. The average Bonchev–Trinajstić information content (AvgIpc) is 3.83. The van der Waals surface area contributed by atoms with Gasteiger partial charge in [0.1, 0.15) is 11.2 Å². The number of hydrogen-bond donors (Lipinski definition) is 0. The number of anilines is 6. The number of furan rings is 2. The summed E-state index contributed by atoms with van der Waals surface area (Å²) in [6, 6.07) is 64.0. The first-order valence-electron chi connectivity index (χ1n) is 27.2. The number of rotatable bonds is 4. The van der Waals surface area contributed by atoms with Crippen molar-refractivity contribution in [2.45, 2.75) is 105 Å². The van der Waals surface area contributed by atoms with Gasteiger partial charge in [0.15, 0.2) is 11.2 Å². The molecule has 374 valence electrons. The zero-order chi connectivity index (χ0) is 52.5. The lowest BCUT2D eigenvalue weighted by Crippen LogP contribution is -2.56. The second-order valence-corrected chi connectivity index (χ2v) is 25.8. The van der Waals surface area contributed by atoms with Crippen LogP contribution in [0.5, 0.6) is 0 Å². The largest absolute Gasteiger partial charge is 0.454 e. The Bertz CT molecular complexity index is 4330. The van der Waals surface area contributed by atoms with Crippen molar-refractivity contribution >= 4 is 118 Å². The minimum Gasteiger partial charge on any atom is -0.454 e. The highest BCUT2D eigenvalue weighted by Gasteiger charge is 2.46. The first kappa shape index (κ1) is 46.6. The Hall–Kier alpha value is -7.96. The lowest BCUT2D eigenvalue weighted by Gasteiger charge is -2.41. The second-order valence-electron chi connectivity index (χ2n) is 25.8. The summed E-state index contributed by atoms with van der Waals surface area (Å²) in [7, 11) is 0. The van der Waals surface area contributed by atoms with Crippen molar-refractivity contribution in [3.8, 4) is 11.1 Å². The predicted molar refractivity (Wildman–Crippen MR) is 324 cm³/mol. The Labute approximate surface area is 446 Å². The fraction of sp³-hybridized carbons (Fsp3) is 0.229. The number of fused-ring (bicyclic) bond motifs is 14. The van der Waals surface area contributed by atoms with Gasteiger partial charge >= 0.3 is 6.85 Å². The van der Waals surface area contributed by atoms with Crippen LogP contribution in [0, 0.1) is 0 Å². The van der Waals surface area contributed by atoms with Crippen LogP contribution >= 0.6 is 0 Å².